The van der Waals surface area contributed by atoms with E-state index in [0.29, 0.717) is 6.04 Å². The Balaban J connectivity index is 1.73. The lowest BCUT2D eigenvalue weighted by molar-refractivity contribution is 0.610. The third-order valence-electron chi connectivity index (χ3n) is 3.47. The monoisotopic (exact) mass is 305 g/mol. The molecule has 1 aromatic carbocycles. The average Bonchev–Trinajstić information content (AvgIpc) is 2.75. The molecule has 94 valence electrons. The highest BCUT2D eigenvalue weighted by atomic mass is 79.9. The van der Waals surface area contributed by atoms with Gasteiger partial charge in [-0.25, -0.2) is 0 Å². The van der Waals surface area contributed by atoms with Crippen LogP contribution >= 0.6 is 15.9 Å². The van der Waals surface area contributed by atoms with Gasteiger partial charge in [0.05, 0.1) is 11.9 Å². The van der Waals surface area contributed by atoms with E-state index in [1.54, 1.807) is 0 Å². The van der Waals surface area contributed by atoms with Crippen molar-refractivity contribution >= 4 is 21.6 Å². The summed E-state index contributed by atoms with van der Waals surface area (Å²) in [6.45, 7) is 0. The van der Waals surface area contributed by atoms with Crippen LogP contribution in [0.25, 0.3) is 0 Å². The van der Waals surface area contributed by atoms with E-state index in [1.807, 2.05) is 24.1 Å². The Morgan fingerprint density at radius 2 is 2.28 bits per heavy atom. The Morgan fingerprint density at radius 1 is 1.39 bits per heavy atom. The van der Waals surface area contributed by atoms with Crippen molar-refractivity contribution in [3.63, 3.8) is 0 Å². The molecule has 0 radical (unpaired) electrons. The molecule has 1 atom stereocenters. The number of benzene rings is 1. The van der Waals surface area contributed by atoms with Crippen LogP contribution < -0.4 is 5.32 Å². The van der Waals surface area contributed by atoms with Crippen LogP contribution in [-0.4, -0.2) is 15.8 Å². The third kappa shape index (κ3) is 2.43. The summed E-state index contributed by atoms with van der Waals surface area (Å²) in [5, 5.41) is 7.75. The SMILES string of the molecule is Cn1cc(NC2CCc3cc(Br)ccc3C2)cn1. The summed E-state index contributed by atoms with van der Waals surface area (Å²) in [4.78, 5) is 0. The van der Waals surface area contributed by atoms with Gasteiger partial charge < -0.3 is 5.32 Å². The van der Waals surface area contributed by atoms with Crippen LogP contribution in [0.5, 0.6) is 0 Å². The fourth-order valence-corrected chi connectivity index (χ4v) is 2.99. The summed E-state index contributed by atoms with van der Waals surface area (Å²) in [7, 11) is 1.94. The number of anilines is 1. The van der Waals surface area contributed by atoms with Crippen LogP contribution in [0.15, 0.2) is 35.1 Å². The number of hydrogen-bond donors (Lipinski definition) is 1. The first-order chi connectivity index (χ1) is 8.70. The highest BCUT2D eigenvalue weighted by Gasteiger charge is 2.18. The molecular formula is C14H16BrN3. The summed E-state index contributed by atoms with van der Waals surface area (Å²) in [5.41, 5.74) is 4.06. The van der Waals surface area contributed by atoms with Gasteiger partial charge in [-0.1, -0.05) is 22.0 Å². The number of halogens is 1. The van der Waals surface area contributed by atoms with E-state index in [4.69, 9.17) is 0 Å². The predicted octanol–water partition coefficient (Wildman–Crippen LogP) is 3.15. The zero-order chi connectivity index (χ0) is 12.5. The number of nitrogens with zero attached hydrogens (tertiary/aromatic N) is 2. The molecule has 0 aliphatic heterocycles. The Hall–Kier alpha value is -1.29. The van der Waals surface area contributed by atoms with Gasteiger partial charge in [0, 0.05) is 23.8 Å². The molecule has 4 heteroatoms. The summed E-state index contributed by atoms with van der Waals surface area (Å²) in [6.07, 6.45) is 7.33. The van der Waals surface area contributed by atoms with Crippen molar-refractivity contribution in [2.75, 3.05) is 5.32 Å². The minimum absolute atomic E-state index is 0.517. The van der Waals surface area contributed by atoms with Gasteiger partial charge >= 0.3 is 0 Å². The molecule has 1 N–H and O–H groups in total. The highest BCUT2D eigenvalue weighted by Crippen LogP contribution is 2.26. The van der Waals surface area contributed by atoms with Crippen LogP contribution in [0.3, 0.4) is 0 Å². The van der Waals surface area contributed by atoms with Crippen molar-refractivity contribution in [3.05, 3.63) is 46.2 Å². The normalized spacial score (nSPS) is 18.4. The first-order valence-electron chi connectivity index (χ1n) is 6.23. The zero-order valence-corrected chi connectivity index (χ0v) is 11.9. The van der Waals surface area contributed by atoms with Crippen LogP contribution in [0, 0.1) is 0 Å². The molecule has 0 saturated heterocycles. The van der Waals surface area contributed by atoms with Crippen molar-refractivity contribution in [1.29, 1.82) is 0 Å². The fraction of sp³-hybridized carbons (Fsp3) is 0.357. The Kier molecular flexibility index (Phi) is 3.12. The fourth-order valence-electron chi connectivity index (χ4n) is 2.58. The number of nitrogens with one attached hydrogen (secondary N) is 1. The van der Waals surface area contributed by atoms with E-state index in [-0.39, 0.29) is 0 Å². The van der Waals surface area contributed by atoms with Crippen LogP contribution in [0.1, 0.15) is 17.5 Å². The molecule has 1 aliphatic rings. The summed E-state index contributed by atoms with van der Waals surface area (Å²) >= 11 is 3.54. The molecule has 0 saturated carbocycles. The second-order valence-corrected chi connectivity index (χ2v) is 5.82. The molecule has 1 aliphatic carbocycles. The number of rotatable bonds is 2. The van der Waals surface area contributed by atoms with Crippen LogP contribution in [0.2, 0.25) is 0 Å². The van der Waals surface area contributed by atoms with Crippen LogP contribution in [0.4, 0.5) is 5.69 Å². The maximum Gasteiger partial charge on any atom is 0.0728 e. The predicted molar refractivity (Wildman–Crippen MR) is 76.8 cm³/mol. The molecule has 1 aromatic heterocycles. The lowest BCUT2D eigenvalue weighted by Crippen LogP contribution is -2.27. The van der Waals surface area contributed by atoms with E-state index >= 15 is 0 Å². The molecule has 3 rings (SSSR count). The van der Waals surface area contributed by atoms with E-state index < -0.39 is 0 Å². The number of fused-ring (bicyclic) bond motifs is 1. The van der Waals surface area contributed by atoms with Gasteiger partial charge in [-0.05, 0) is 42.5 Å². The lowest BCUT2D eigenvalue weighted by atomic mass is 9.88. The lowest BCUT2D eigenvalue weighted by Gasteiger charge is -2.25. The summed E-state index contributed by atoms with van der Waals surface area (Å²) in [5.74, 6) is 0. The molecule has 0 amide bonds. The molecule has 1 unspecified atom stereocenters. The van der Waals surface area contributed by atoms with Gasteiger partial charge in [0.25, 0.3) is 0 Å². The minimum Gasteiger partial charge on any atom is -0.379 e. The third-order valence-corrected chi connectivity index (χ3v) is 3.97. The van der Waals surface area contributed by atoms with Gasteiger partial charge in [0.1, 0.15) is 0 Å². The molecule has 1 heterocycles. The number of aromatic nitrogens is 2. The van der Waals surface area contributed by atoms with E-state index in [2.05, 4.69) is 44.5 Å². The maximum absolute atomic E-state index is 4.19. The Morgan fingerprint density at radius 3 is 3.06 bits per heavy atom. The number of aryl methyl sites for hydroxylation is 2. The second-order valence-electron chi connectivity index (χ2n) is 4.90. The van der Waals surface area contributed by atoms with E-state index in [0.717, 1.165) is 18.5 Å². The number of hydrogen-bond acceptors (Lipinski definition) is 2. The zero-order valence-electron chi connectivity index (χ0n) is 10.4. The second kappa shape index (κ2) is 4.76. The summed E-state index contributed by atoms with van der Waals surface area (Å²) < 4.78 is 3.01. The summed E-state index contributed by atoms with van der Waals surface area (Å²) in [6, 6.07) is 7.13. The van der Waals surface area contributed by atoms with E-state index in [1.165, 1.54) is 22.0 Å². The topological polar surface area (TPSA) is 29.9 Å². The average molecular weight is 306 g/mol. The molecule has 0 spiro atoms. The molecule has 3 nitrogen and oxygen atoms in total. The van der Waals surface area contributed by atoms with Gasteiger partial charge in [0.15, 0.2) is 0 Å². The highest BCUT2D eigenvalue weighted by molar-refractivity contribution is 9.10. The first-order valence-corrected chi connectivity index (χ1v) is 7.02. The Labute approximate surface area is 115 Å². The van der Waals surface area contributed by atoms with Gasteiger partial charge in [0.2, 0.25) is 0 Å². The Bertz CT molecular complexity index is 562. The molecule has 2 aromatic rings. The smallest absolute Gasteiger partial charge is 0.0728 e. The van der Waals surface area contributed by atoms with Crippen molar-refractivity contribution in [3.8, 4) is 0 Å². The van der Waals surface area contributed by atoms with Gasteiger partial charge in [-0.2, -0.15) is 5.10 Å². The van der Waals surface area contributed by atoms with Crippen molar-refractivity contribution < 1.29 is 0 Å². The molecule has 0 bridgehead atoms. The quantitative estimate of drug-likeness (QED) is 0.923. The van der Waals surface area contributed by atoms with Crippen molar-refractivity contribution in [1.82, 2.24) is 9.78 Å². The first kappa shape index (κ1) is 11.8. The largest absolute Gasteiger partial charge is 0.379 e. The van der Waals surface area contributed by atoms with Gasteiger partial charge in [-0.15, -0.1) is 0 Å². The van der Waals surface area contributed by atoms with Crippen molar-refractivity contribution in [2.24, 2.45) is 7.05 Å². The molecular weight excluding hydrogens is 290 g/mol. The standard InChI is InChI=1S/C14H16BrN3/c1-18-9-14(8-16-18)17-13-5-3-10-6-12(15)4-2-11(10)7-13/h2,4,6,8-9,13,17H,3,5,7H2,1H3. The van der Waals surface area contributed by atoms with Gasteiger partial charge in [-0.3, -0.25) is 4.68 Å². The van der Waals surface area contributed by atoms with E-state index in [9.17, 15) is 0 Å². The molecule has 0 fully saturated rings. The molecule has 18 heavy (non-hydrogen) atoms. The maximum atomic E-state index is 4.19. The van der Waals surface area contributed by atoms with Crippen molar-refractivity contribution in [2.45, 2.75) is 25.3 Å². The minimum atomic E-state index is 0.517. The van der Waals surface area contributed by atoms with Crippen LogP contribution in [-0.2, 0) is 19.9 Å².